The number of halogens is 1. The van der Waals surface area contributed by atoms with E-state index < -0.39 is 16.1 Å². The first-order valence-corrected chi connectivity index (χ1v) is 9.66. The Balaban J connectivity index is 1.71. The summed E-state index contributed by atoms with van der Waals surface area (Å²) in [6.45, 7) is 0. The lowest BCUT2D eigenvalue weighted by Gasteiger charge is -2.12. The summed E-state index contributed by atoms with van der Waals surface area (Å²) in [5.41, 5.74) is 2.40. The third-order valence-electron chi connectivity index (χ3n) is 3.74. The fourth-order valence-electron chi connectivity index (χ4n) is 2.44. The smallest absolute Gasteiger partial charge is 0.334 e. The number of ether oxygens (including phenoxy) is 1. The van der Waals surface area contributed by atoms with Crippen LogP contribution in [0.1, 0.15) is 0 Å². The Bertz CT molecular complexity index is 1100. The summed E-state index contributed by atoms with van der Waals surface area (Å²) in [5.74, 6) is 0.381. The zero-order valence-electron chi connectivity index (χ0n) is 14.2. The molecule has 7 nitrogen and oxygen atoms in total. The van der Waals surface area contributed by atoms with Crippen LogP contribution in [0.4, 0.5) is 10.5 Å². The van der Waals surface area contributed by atoms with Crippen LogP contribution in [0.15, 0.2) is 65.6 Å². The zero-order chi connectivity index (χ0) is 19.4. The molecule has 2 amide bonds. The molecule has 27 heavy (non-hydrogen) atoms. The van der Waals surface area contributed by atoms with E-state index in [1.165, 1.54) is 25.3 Å². The number of anilines is 1. The fraction of sp³-hybridized carbons (Fsp3) is 0.0556. The standard InChI is InChI=1S/C18H16ClN3O4S/c1-26-17-9-7-14(19)11-16(17)20-18(23)21-22-27(24,25)15-8-6-12-4-2-3-5-13(12)10-15/h2-11,22H,1H3,(H2,20,21,23). The molecule has 0 saturated carbocycles. The first kappa shape index (κ1) is 19.0. The minimum atomic E-state index is -3.94. The van der Waals surface area contributed by atoms with Crippen LogP contribution in [0, 0.1) is 0 Å². The zero-order valence-corrected chi connectivity index (χ0v) is 15.8. The summed E-state index contributed by atoms with van der Waals surface area (Å²) in [4.78, 5) is 14.1. The van der Waals surface area contributed by atoms with Gasteiger partial charge in [0.1, 0.15) is 5.75 Å². The topological polar surface area (TPSA) is 96.5 Å². The molecule has 3 rings (SSSR count). The van der Waals surface area contributed by atoms with E-state index in [4.69, 9.17) is 16.3 Å². The quantitative estimate of drug-likeness (QED) is 0.566. The highest BCUT2D eigenvalue weighted by molar-refractivity contribution is 7.89. The summed E-state index contributed by atoms with van der Waals surface area (Å²) >= 11 is 5.90. The molecule has 9 heteroatoms. The number of carbonyl (C=O) groups excluding carboxylic acids is 1. The molecule has 0 saturated heterocycles. The van der Waals surface area contributed by atoms with Gasteiger partial charge in [-0.3, -0.25) is 5.43 Å². The van der Waals surface area contributed by atoms with Crippen LogP contribution >= 0.6 is 11.6 Å². The van der Waals surface area contributed by atoms with Gasteiger partial charge in [0, 0.05) is 5.02 Å². The van der Waals surface area contributed by atoms with Crippen LogP contribution < -0.4 is 20.3 Å². The number of amides is 2. The lowest BCUT2D eigenvalue weighted by molar-refractivity contribution is 0.250. The minimum absolute atomic E-state index is 0.0295. The van der Waals surface area contributed by atoms with E-state index >= 15 is 0 Å². The predicted molar refractivity (Wildman–Crippen MR) is 104 cm³/mol. The van der Waals surface area contributed by atoms with Crippen LogP contribution in [0.3, 0.4) is 0 Å². The van der Waals surface area contributed by atoms with Crippen molar-refractivity contribution in [3.05, 3.63) is 65.7 Å². The maximum atomic E-state index is 12.4. The second kappa shape index (κ2) is 7.83. The largest absolute Gasteiger partial charge is 0.495 e. The molecule has 0 aliphatic carbocycles. The van der Waals surface area contributed by atoms with Gasteiger partial charge >= 0.3 is 6.03 Å². The van der Waals surface area contributed by atoms with Crippen LogP contribution in [-0.4, -0.2) is 21.6 Å². The number of methoxy groups -OCH3 is 1. The molecule has 140 valence electrons. The van der Waals surface area contributed by atoms with Crippen molar-refractivity contribution in [2.45, 2.75) is 4.90 Å². The summed E-state index contributed by atoms with van der Waals surface area (Å²) in [6.07, 6.45) is 0. The lowest BCUT2D eigenvalue weighted by Crippen LogP contribution is -2.43. The molecule has 0 spiro atoms. The molecule has 0 atom stereocenters. The second-order valence-electron chi connectivity index (χ2n) is 5.54. The number of sulfonamides is 1. The number of rotatable bonds is 5. The predicted octanol–water partition coefficient (Wildman–Crippen LogP) is 3.52. The van der Waals surface area contributed by atoms with E-state index in [1.807, 2.05) is 23.0 Å². The molecule has 0 radical (unpaired) electrons. The molecule has 0 heterocycles. The van der Waals surface area contributed by atoms with Crippen LogP contribution in [0.25, 0.3) is 10.8 Å². The normalized spacial score (nSPS) is 11.2. The van der Waals surface area contributed by atoms with Crippen molar-refractivity contribution in [3.63, 3.8) is 0 Å². The monoisotopic (exact) mass is 405 g/mol. The molecular formula is C18H16ClN3O4S. The van der Waals surface area contributed by atoms with Crippen molar-refractivity contribution in [3.8, 4) is 5.75 Å². The SMILES string of the molecule is COc1ccc(Cl)cc1NC(=O)NNS(=O)(=O)c1ccc2ccccc2c1. The first-order chi connectivity index (χ1) is 12.9. The van der Waals surface area contributed by atoms with E-state index in [0.717, 1.165) is 10.8 Å². The lowest BCUT2D eigenvalue weighted by atomic mass is 10.1. The average Bonchev–Trinajstić information content (AvgIpc) is 2.66. The van der Waals surface area contributed by atoms with Crippen molar-refractivity contribution in [2.24, 2.45) is 0 Å². The Morgan fingerprint density at radius 2 is 1.74 bits per heavy atom. The number of hydrazine groups is 1. The van der Waals surface area contributed by atoms with Gasteiger partial charge in [0.2, 0.25) is 0 Å². The molecule has 3 aromatic rings. The Morgan fingerprint density at radius 1 is 1.00 bits per heavy atom. The van der Waals surface area contributed by atoms with Gasteiger partial charge in [-0.2, -0.15) is 0 Å². The number of fused-ring (bicyclic) bond motifs is 1. The minimum Gasteiger partial charge on any atom is -0.495 e. The molecule has 3 aromatic carbocycles. The van der Waals surface area contributed by atoms with Gasteiger partial charge in [0.25, 0.3) is 10.0 Å². The molecule has 3 N–H and O–H groups in total. The van der Waals surface area contributed by atoms with Crippen molar-refractivity contribution < 1.29 is 17.9 Å². The third-order valence-corrected chi connectivity index (χ3v) is 5.22. The number of benzene rings is 3. The van der Waals surface area contributed by atoms with Crippen LogP contribution in [-0.2, 0) is 10.0 Å². The fourth-order valence-corrected chi connectivity index (χ4v) is 3.48. The van der Waals surface area contributed by atoms with E-state index in [1.54, 1.807) is 24.3 Å². The van der Waals surface area contributed by atoms with Gasteiger partial charge in [-0.1, -0.05) is 41.9 Å². The van der Waals surface area contributed by atoms with Crippen LogP contribution in [0.2, 0.25) is 5.02 Å². The Morgan fingerprint density at radius 3 is 2.48 bits per heavy atom. The second-order valence-corrected chi connectivity index (χ2v) is 7.66. The van der Waals surface area contributed by atoms with Gasteiger partial charge in [-0.15, -0.1) is 4.83 Å². The molecule has 0 unspecified atom stereocenters. The highest BCUT2D eigenvalue weighted by atomic mass is 35.5. The van der Waals surface area contributed by atoms with Gasteiger partial charge in [-0.25, -0.2) is 13.2 Å². The maximum Gasteiger partial charge on any atom is 0.334 e. The molecule has 0 aliphatic rings. The molecule has 0 aromatic heterocycles. The highest BCUT2D eigenvalue weighted by Crippen LogP contribution is 2.27. The van der Waals surface area contributed by atoms with Crippen molar-refractivity contribution in [1.82, 2.24) is 10.3 Å². The van der Waals surface area contributed by atoms with E-state index in [2.05, 4.69) is 10.7 Å². The first-order valence-electron chi connectivity index (χ1n) is 7.80. The van der Waals surface area contributed by atoms with Crippen molar-refractivity contribution in [1.29, 1.82) is 0 Å². The summed E-state index contributed by atoms with van der Waals surface area (Å²) in [7, 11) is -2.50. The van der Waals surface area contributed by atoms with Crippen LogP contribution in [0.5, 0.6) is 5.75 Å². The summed E-state index contributed by atoms with van der Waals surface area (Å²) < 4.78 is 29.9. The summed E-state index contributed by atoms with van der Waals surface area (Å²) in [5, 5.41) is 4.55. The number of urea groups is 1. The average molecular weight is 406 g/mol. The van der Waals surface area contributed by atoms with Gasteiger partial charge in [0.05, 0.1) is 17.7 Å². The number of carbonyl (C=O) groups is 1. The molecule has 0 aliphatic heterocycles. The van der Waals surface area contributed by atoms with Crippen molar-refractivity contribution in [2.75, 3.05) is 12.4 Å². The Kier molecular flexibility index (Phi) is 5.50. The maximum absolute atomic E-state index is 12.4. The van der Waals surface area contributed by atoms with E-state index in [0.29, 0.717) is 16.5 Å². The third kappa shape index (κ3) is 4.48. The van der Waals surface area contributed by atoms with Gasteiger partial charge in [-0.05, 0) is 41.1 Å². The van der Waals surface area contributed by atoms with E-state index in [-0.39, 0.29) is 4.90 Å². The number of nitrogens with one attached hydrogen (secondary N) is 3. The number of hydrogen-bond acceptors (Lipinski definition) is 4. The van der Waals surface area contributed by atoms with Gasteiger partial charge < -0.3 is 10.1 Å². The summed E-state index contributed by atoms with van der Waals surface area (Å²) in [6, 6.07) is 15.9. The van der Waals surface area contributed by atoms with Crippen molar-refractivity contribution >= 4 is 44.1 Å². The number of hydrogen-bond donors (Lipinski definition) is 3. The molecule has 0 fully saturated rings. The molecular weight excluding hydrogens is 390 g/mol. The van der Waals surface area contributed by atoms with Gasteiger partial charge in [0.15, 0.2) is 0 Å². The Hall–Kier alpha value is -2.81. The highest BCUT2D eigenvalue weighted by Gasteiger charge is 2.16. The molecule has 0 bridgehead atoms. The Labute approximate surface area is 161 Å². The van der Waals surface area contributed by atoms with E-state index in [9.17, 15) is 13.2 Å².